The number of ketones is 1. The highest BCUT2D eigenvalue weighted by atomic mass is 16.6. The van der Waals surface area contributed by atoms with Gasteiger partial charge in [0.1, 0.15) is 5.60 Å². The van der Waals surface area contributed by atoms with Crippen molar-refractivity contribution in [3.8, 4) is 0 Å². The Bertz CT molecular complexity index is 800. The lowest BCUT2D eigenvalue weighted by atomic mass is 10.1. The van der Waals surface area contributed by atoms with Gasteiger partial charge in [0.25, 0.3) is 0 Å². The molecule has 0 bridgehead atoms. The first-order valence-corrected chi connectivity index (χ1v) is 7.24. The Balaban J connectivity index is 2.20. The third-order valence-corrected chi connectivity index (χ3v) is 3.04. The van der Waals surface area contributed by atoms with Gasteiger partial charge in [-0.1, -0.05) is 18.2 Å². The molecule has 0 radical (unpaired) electrons. The number of nitrogens with one attached hydrogen (secondary N) is 1. The summed E-state index contributed by atoms with van der Waals surface area (Å²) in [5, 5.41) is 3.44. The van der Waals surface area contributed by atoms with E-state index >= 15 is 0 Å². The van der Waals surface area contributed by atoms with Crippen molar-refractivity contribution in [2.24, 2.45) is 0 Å². The molecule has 0 aliphatic rings. The molecule has 6 heteroatoms. The lowest BCUT2D eigenvalue weighted by molar-refractivity contribution is 0.0494. The molecule has 0 fully saturated rings. The fraction of sp³-hybridized carbons (Fsp3) is 0.353. The zero-order valence-corrected chi connectivity index (χ0v) is 13.5. The second-order valence-electron chi connectivity index (χ2n) is 6.22. The van der Waals surface area contributed by atoms with Crippen molar-refractivity contribution in [2.75, 3.05) is 0 Å². The highest BCUT2D eigenvalue weighted by Crippen LogP contribution is 2.13. The van der Waals surface area contributed by atoms with Crippen LogP contribution in [0.15, 0.2) is 39.5 Å². The molecule has 0 spiro atoms. The van der Waals surface area contributed by atoms with Crippen LogP contribution in [0.25, 0.3) is 10.8 Å². The van der Waals surface area contributed by atoms with Crippen molar-refractivity contribution >= 4 is 22.6 Å². The number of carbonyl (C=O) groups excluding carboxylic acids is 2. The predicted octanol–water partition coefficient (Wildman–Crippen LogP) is 2.89. The molecule has 0 aliphatic heterocycles. The Morgan fingerprint density at radius 1 is 1.22 bits per heavy atom. The molecule has 1 aromatic carbocycles. The largest absolute Gasteiger partial charge is 0.444 e. The van der Waals surface area contributed by atoms with Crippen LogP contribution in [0.2, 0.25) is 0 Å². The van der Waals surface area contributed by atoms with E-state index in [2.05, 4.69) is 5.32 Å². The molecule has 1 atom stereocenters. The number of fused-ring (bicyclic) bond motifs is 1. The van der Waals surface area contributed by atoms with Crippen LogP contribution < -0.4 is 10.9 Å². The zero-order valence-electron chi connectivity index (χ0n) is 13.5. The highest BCUT2D eigenvalue weighted by molar-refractivity contribution is 6.01. The summed E-state index contributed by atoms with van der Waals surface area (Å²) in [5.74, 6) is -0.601. The minimum atomic E-state index is -0.880. The fourth-order valence-corrected chi connectivity index (χ4v) is 2.02. The minimum absolute atomic E-state index is 0.0998. The smallest absolute Gasteiger partial charge is 0.408 e. The first-order chi connectivity index (χ1) is 10.7. The van der Waals surface area contributed by atoms with E-state index in [-0.39, 0.29) is 5.76 Å². The number of benzene rings is 1. The highest BCUT2D eigenvalue weighted by Gasteiger charge is 2.23. The molecule has 1 N–H and O–H groups in total. The van der Waals surface area contributed by atoms with Crippen molar-refractivity contribution in [2.45, 2.75) is 39.3 Å². The van der Waals surface area contributed by atoms with E-state index in [0.717, 1.165) is 0 Å². The van der Waals surface area contributed by atoms with E-state index < -0.39 is 29.1 Å². The molecule has 1 aromatic heterocycles. The van der Waals surface area contributed by atoms with Crippen LogP contribution >= 0.6 is 0 Å². The molecular formula is C17H19NO5. The summed E-state index contributed by atoms with van der Waals surface area (Å²) in [6, 6.07) is 7.43. The summed E-state index contributed by atoms with van der Waals surface area (Å²) in [4.78, 5) is 36.0. The average Bonchev–Trinajstić information content (AvgIpc) is 2.44. The van der Waals surface area contributed by atoms with E-state index in [1.165, 1.54) is 13.0 Å². The fourth-order valence-electron chi connectivity index (χ4n) is 2.02. The molecule has 1 unspecified atom stereocenters. The maximum absolute atomic E-state index is 12.3. The molecular weight excluding hydrogens is 298 g/mol. The quantitative estimate of drug-likeness (QED) is 0.880. The summed E-state index contributed by atoms with van der Waals surface area (Å²) < 4.78 is 10.2. The van der Waals surface area contributed by atoms with Gasteiger partial charge >= 0.3 is 11.7 Å². The standard InChI is InChI=1S/C17H19NO5/c1-10(18-16(21)23-17(2,3)4)14(19)13-9-11-7-5-6-8-12(11)15(20)22-13/h5-10H,1-4H3,(H,18,21). The Hall–Kier alpha value is -2.63. The molecule has 0 saturated carbocycles. The SMILES string of the molecule is CC(NC(=O)OC(C)(C)C)C(=O)c1cc2ccccc2c(=O)o1. The van der Waals surface area contributed by atoms with Crippen LogP contribution in [-0.4, -0.2) is 23.5 Å². The number of alkyl carbamates (subject to hydrolysis) is 1. The van der Waals surface area contributed by atoms with Crippen molar-refractivity contribution < 1.29 is 18.7 Å². The normalized spacial score (nSPS) is 12.7. The molecule has 0 aliphatic carbocycles. The lowest BCUT2D eigenvalue weighted by Crippen LogP contribution is -2.41. The molecule has 0 saturated heterocycles. The summed E-state index contributed by atoms with van der Waals surface area (Å²) in [6.07, 6.45) is -0.707. The number of Topliss-reactive ketones (excluding diaryl/α,β-unsaturated/α-hetero) is 1. The summed E-state index contributed by atoms with van der Waals surface area (Å²) in [6.45, 7) is 6.67. The molecule has 1 heterocycles. The van der Waals surface area contributed by atoms with Crippen LogP contribution in [0.3, 0.4) is 0 Å². The zero-order chi connectivity index (χ0) is 17.2. The molecule has 23 heavy (non-hydrogen) atoms. The van der Waals surface area contributed by atoms with E-state index in [0.29, 0.717) is 10.8 Å². The summed E-state index contributed by atoms with van der Waals surface area (Å²) in [7, 11) is 0. The first-order valence-electron chi connectivity index (χ1n) is 7.24. The summed E-state index contributed by atoms with van der Waals surface area (Å²) in [5.41, 5.74) is -1.25. The van der Waals surface area contributed by atoms with Crippen LogP contribution in [0.4, 0.5) is 4.79 Å². The Labute approximate surface area is 133 Å². The van der Waals surface area contributed by atoms with Crippen LogP contribution in [0.5, 0.6) is 0 Å². The van der Waals surface area contributed by atoms with Crippen molar-refractivity contribution in [3.63, 3.8) is 0 Å². The van der Waals surface area contributed by atoms with Gasteiger partial charge in [-0.2, -0.15) is 0 Å². The van der Waals surface area contributed by atoms with Crippen LogP contribution in [0, 0.1) is 0 Å². The van der Waals surface area contributed by atoms with Gasteiger partial charge in [0.15, 0.2) is 5.76 Å². The predicted molar refractivity (Wildman–Crippen MR) is 85.6 cm³/mol. The third-order valence-electron chi connectivity index (χ3n) is 3.04. The van der Waals surface area contributed by atoms with Gasteiger partial charge in [-0.25, -0.2) is 9.59 Å². The topological polar surface area (TPSA) is 85.6 Å². The Morgan fingerprint density at radius 3 is 2.52 bits per heavy atom. The Morgan fingerprint density at radius 2 is 1.87 bits per heavy atom. The lowest BCUT2D eigenvalue weighted by Gasteiger charge is -2.21. The molecule has 1 amide bonds. The number of hydrogen-bond acceptors (Lipinski definition) is 5. The molecule has 122 valence electrons. The van der Waals surface area contributed by atoms with Crippen molar-refractivity contribution in [3.05, 3.63) is 46.5 Å². The van der Waals surface area contributed by atoms with Gasteiger partial charge in [-0.15, -0.1) is 0 Å². The van der Waals surface area contributed by atoms with Gasteiger partial charge < -0.3 is 14.5 Å². The average molecular weight is 317 g/mol. The molecule has 2 aromatic rings. The van der Waals surface area contributed by atoms with Gasteiger partial charge in [0.05, 0.1) is 11.4 Å². The van der Waals surface area contributed by atoms with E-state index in [4.69, 9.17) is 9.15 Å². The van der Waals surface area contributed by atoms with Crippen LogP contribution in [0.1, 0.15) is 38.2 Å². The van der Waals surface area contributed by atoms with Crippen LogP contribution in [-0.2, 0) is 4.74 Å². The van der Waals surface area contributed by atoms with Gasteiger partial charge in [0, 0.05) is 0 Å². The van der Waals surface area contributed by atoms with E-state index in [9.17, 15) is 14.4 Å². The van der Waals surface area contributed by atoms with Gasteiger partial charge in [-0.05, 0) is 45.2 Å². The van der Waals surface area contributed by atoms with Gasteiger partial charge in [-0.3, -0.25) is 4.79 Å². The second-order valence-corrected chi connectivity index (χ2v) is 6.22. The van der Waals surface area contributed by atoms with Crippen molar-refractivity contribution in [1.29, 1.82) is 0 Å². The maximum Gasteiger partial charge on any atom is 0.408 e. The minimum Gasteiger partial charge on any atom is -0.444 e. The third kappa shape index (κ3) is 4.18. The molecule has 6 nitrogen and oxygen atoms in total. The van der Waals surface area contributed by atoms with E-state index in [1.54, 1.807) is 45.0 Å². The van der Waals surface area contributed by atoms with Gasteiger partial charge in [0.2, 0.25) is 5.78 Å². The maximum atomic E-state index is 12.3. The monoisotopic (exact) mass is 317 g/mol. The number of ether oxygens (including phenoxy) is 1. The number of rotatable bonds is 3. The number of carbonyl (C=O) groups is 2. The number of amides is 1. The second kappa shape index (κ2) is 6.24. The Kier molecular flexibility index (Phi) is 4.54. The van der Waals surface area contributed by atoms with E-state index in [1.807, 2.05) is 0 Å². The van der Waals surface area contributed by atoms with Crippen molar-refractivity contribution in [1.82, 2.24) is 5.32 Å². The molecule has 2 rings (SSSR count). The summed E-state index contributed by atoms with van der Waals surface area (Å²) >= 11 is 0. The number of hydrogen-bond donors (Lipinski definition) is 1. The first kappa shape index (κ1) is 16.7.